The number of urea groups is 1. The van der Waals surface area contributed by atoms with Crippen LogP contribution in [-0.2, 0) is 4.79 Å². The van der Waals surface area contributed by atoms with Crippen LogP contribution in [-0.4, -0.2) is 34.4 Å². The number of halogens is 2. The molecule has 1 aromatic carbocycles. The topological polar surface area (TPSA) is 98.7 Å². The molecule has 0 fully saturated rings. The Balaban J connectivity index is 2.75. The van der Waals surface area contributed by atoms with Gasteiger partial charge in [-0.1, -0.05) is 6.07 Å². The van der Waals surface area contributed by atoms with Crippen LogP contribution in [0.5, 0.6) is 0 Å². The number of carbonyl (C=O) groups is 2. The third kappa shape index (κ3) is 3.88. The SMILES string of the molecule is C[C@@H](O)[C@H](NC(=O)Nc1cccc(F)c1F)C(=O)O. The number of anilines is 1. The zero-order valence-corrected chi connectivity index (χ0v) is 9.85. The van der Waals surface area contributed by atoms with Crippen molar-refractivity contribution in [1.82, 2.24) is 5.32 Å². The lowest BCUT2D eigenvalue weighted by Crippen LogP contribution is -2.49. The Labute approximate surface area is 107 Å². The lowest BCUT2D eigenvalue weighted by Gasteiger charge is -2.17. The van der Waals surface area contributed by atoms with Crippen LogP contribution in [0.4, 0.5) is 19.3 Å². The van der Waals surface area contributed by atoms with Crippen molar-refractivity contribution in [2.24, 2.45) is 0 Å². The number of aliphatic carboxylic acids is 1. The molecule has 0 saturated heterocycles. The van der Waals surface area contributed by atoms with Crippen LogP contribution in [0.15, 0.2) is 18.2 Å². The van der Waals surface area contributed by atoms with Gasteiger partial charge in [-0.25, -0.2) is 18.4 Å². The molecule has 0 radical (unpaired) electrons. The maximum atomic E-state index is 13.2. The van der Waals surface area contributed by atoms with E-state index in [0.717, 1.165) is 12.1 Å². The van der Waals surface area contributed by atoms with E-state index in [4.69, 9.17) is 10.2 Å². The molecule has 0 saturated carbocycles. The maximum Gasteiger partial charge on any atom is 0.328 e. The Morgan fingerprint density at radius 1 is 1.32 bits per heavy atom. The van der Waals surface area contributed by atoms with Crippen LogP contribution in [0.3, 0.4) is 0 Å². The van der Waals surface area contributed by atoms with Crippen molar-refractivity contribution in [3.63, 3.8) is 0 Å². The summed E-state index contributed by atoms with van der Waals surface area (Å²) < 4.78 is 26.1. The van der Waals surface area contributed by atoms with Crippen LogP contribution in [0.25, 0.3) is 0 Å². The van der Waals surface area contributed by atoms with E-state index in [9.17, 15) is 18.4 Å². The Kier molecular flexibility index (Phi) is 4.76. The van der Waals surface area contributed by atoms with Gasteiger partial charge in [0.15, 0.2) is 17.7 Å². The second-order valence-electron chi connectivity index (χ2n) is 3.76. The van der Waals surface area contributed by atoms with Crippen LogP contribution in [0, 0.1) is 11.6 Å². The predicted octanol–water partition coefficient (Wildman–Crippen LogP) is 0.920. The molecule has 8 heteroatoms. The van der Waals surface area contributed by atoms with E-state index in [1.54, 1.807) is 0 Å². The summed E-state index contributed by atoms with van der Waals surface area (Å²) in [5.41, 5.74) is -0.438. The number of carboxylic acids is 1. The number of amides is 2. The van der Waals surface area contributed by atoms with E-state index in [1.165, 1.54) is 13.0 Å². The van der Waals surface area contributed by atoms with Crippen LogP contribution >= 0.6 is 0 Å². The molecule has 0 spiro atoms. The summed E-state index contributed by atoms with van der Waals surface area (Å²) in [6, 6.07) is 0.524. The van der Waals surface area contributed by atoms with Gasteiger partial charge in [-0.05, 0) is 19.1 Å². The fraction of sp³-hybridized carbons (Fsp3) is 0.273. The summed E-state index contributed by atoms with van der Waals surface area (Å²) in [6.45, 7) is 1.17. The minimum Gasteiger partial charge on any atom is -0.480 e. The van der Waals surface area contributed by atoms with Gasteiger partial charge in [-0.2, -0.15) is 0 Å². The number of hydrogen-bond donors (Lipinski definition) is 4. The zero-order chi connectivity index (χ0) is 14.6. The molecule has 4 N–H and O–H groups in total. The number of aliphatic hydroxyl groups is 1. The molecule has 19 heavy (non-hydrogen) atoms. The number of benzene rings is 1. The summed E-state index contributed by atoms with van der Waals surface area (Å²) in [6.07, 6.45) is -1.35. The highest BCUT2D eigenvalue weighted by Gasteiger charge is 2.25. The minimum atomic E-state index is -1.56. The first-order chi connectivity index (χ1) is 8.82. The van der Waals surface area contributed by atoms with Crippen LogP contribution in [0.2, 0.25) is 0 Å². The highest BCUT2D eigenvalue weighted by atomic mass is 19.2. The van der Waals surface area contributed by atoms with Gasteiger partial charge < -0.3 is 20.8 Å². The standard InChI is InChI=1S/C11H12F2N2O4/c1-5(16)9(10(17)18)15-11(19)14-7-4-2-3-6(12)8(7)13/h2-5,9,16H,1H3,(H,17,18)(H2,14,15,19)/t5-,9+/m1/s1. The van der Waals surface area contributed by atoms with E-state index in [-0.39, 0.29) is 0 Å². The van der Waals surface area contributed by atoms with Gasteiger partial charge in [0.1, 0.15) is 0 Å². The lowest BCUT2D eigenvalue weighted by molar-refractivity contribution is -0.141. The number of aliphatic hydroxyl groups excluding tert-OH is 1. The second-order valence-corrected chi connectivity index (χ2v) is 3.76. The Morgan fingerprint density at radius 2 is 1.95 bits per heavy atom. The summed E-state index contributed by atoms with van der Waals surface area (Å²) in [5.74, 6) is -3.87. The van der Waals surface area contributed by atoms with Crippen molar-refractivity contribution < 1.29 is 28.6 Å². The summed E-state index contributed by atoms with van der Waals surface area (Å²) >= 11 is 0. The summed E-state index contributed by atoms with van der Waals surface area (Å²) in [7, 11) is 0. The molecule has 1 rings (SSSR count). The van der Waals surface area contributed by atoms with E-state index in [1.807, 2.05) is 10.6 Å². The van der Waals surface area contributed by atoms with Gasteiger partial charge in [-0.3, -0.25) is 0 Å². The van der Waals surface area contributed by atoms with Crippen LogP contribution in [0.1, 0.15) is 6.92 Å². The monoisotopic (exact) mass is 274 g/mol. The highest BCUT2D eigenvalue weighted by Crippen LogP contribution is 2.16. The van der Waals surface area contributed by atoms with Gasteiger partial charge in [0.05, 0.1) is 11.8 Å². The van der Waals surface area contributed by atoms with Crippen molar-refractivity contribution in [1.29, 1.82) is 0 Å². The molecule has 104 valence electrons. The van der Waals surface area contributed by atoms with Crippen molar-refractivity contribution >= 4 is 17.7 Å². The van der Waals surface area contributed by atoms with Gasteiger partial charge in [0, 0.05) is 0 Å². The third-order valence-electron chi connectivity index (χ3n) is 2.23. The number of hydrogen-bond acceptors (Lipinski definition) is 3. The first-order valence-corrected chi connectivity index (χ1v) is 5.25. The molecule has 0 unspecified atom stereocenters. The van der Waals surface area contributed by atoms with Crippen molar-refractivity contribution in [3.8, 4) is 0 Å². The molecule has 0 aliphatic carbocycles. The van der Waals surface area contributed by atoms with Crippen molar-refractivity contribution in [3.05, 3.63) is 29.8 Å². The molecule has 0 aliphatic rings. The third-order valence-corrected chi connectivity index (χ3v) is 2.23. The smallest absolute Gasteiger partial charge is 0.328 e. The molecule has 2 amide bonds. The second kappa shape index (κ2) is 6.10. The summed E-state index contributed by atoms with van der Waals surface area (Å²) in [4.78, 5) is 22.1. The van der Waals surface area contributed by atoms with E-state index >= 15 is 0 Å². The fourth-order valence-corrected chi connectivity index (χ4v) is 1.29. The van der Waals surface area contributed by atoms with Crippen LogP contribution < -0.4 is 10.6 Å². The molecule has 0 aliphatic heterocycles. The predicted molar refractivity (Wildman–Crippen MR) is 61.6 cm³/mol. The molecular formula is C11H12F2N2O4. The number of carboxylic acid groups (broad SMARTS) is 1. The largest absolute Gasteiger partial charge is 0.480 e. The zero-order valence-electron chi connectivity index (χ0n) is 9.85. The number of carbonyl (C=O) groups excluding carboxylic acids is 1. The molecule has 6 nitrogen and oxygen atoms in total. The quantitative estimate of drug-likeness (QED) is 0.656. The average Bonchev–Trinajstić information content (AvgIpc) is 2.31. The Morgan fingerprint density at radius 3 is 2.47 bits per heavy atom. The molecule has 0 heterocycles. The normalized spacial score (nSPS) is 13.5. The molecular weight excluding hydrogens is 262 g/mol. The Bertz CT molecular complexity index is 494. The fourth-order valence-electron chi connectivity index (χ4n) is 1.29. The molecule has 2 atom stereocenters. The number of nitrogens with one attached hydrogen (secondary N) is 2. The Hall–Kier alpha value is -2.22. The van der Waals surface area contributed by atoms with Gasteiger partial charge in [0.25, 0.3) is 0 Å². The minimum absolute atomic E-state index is 0.438. The van der Waals surface area contributed by atoms with Crippen molar-refractivity contribution in [2.45, 2.75) is 19.1 Å². The highest BCUT2D eigenvalue weighted by molar-refractivity contribution is 5.92. The van der Waals surface area contributed by atoms with E-state index in [0.29, 0.717) is 0 Å². The van der Waals surface area contributed by atoms with Crippen molar-refractivity contribution in [2.75, 3.05) is 5.32 Å². The first-order valence-electron chi connectivity index (χ1n) is 5.25. The summed E-state index contributed by atoms with van der Waals surface area (Å²) in [5, 5.41) is 21.7. The maximum absolute atomic E-state index is 13.2. The van der Waals surface area contributed by atoms with Gasteiger partial charge >= 0.3 is 12.0 Å². The van der Waals surface area contributed by atoms with Gasteiger partial charge in [-0.15, -0.1) is 0 Å². The number of rotatable bonds is 4. The lowest BCUT2D eigenvalue weighted by atomic mass is 10.2. The molecule has 0 bridgehead atoms. The van der Waals surface area contributed by atoms with E-state index in [2.05, 4.69) is 0 Å². The average molecular weight is 274 g/mol. The van der Waals surface area contributed by atoms with Gasteiger partial charge in [0.2, 0.25) is 0 Å². The first kappa shape index (κ1) is 14.8. The molecule has 1 aromatic rings. The van der Waals surface area contributed by atoms with E-state index < -0.39 is 41.5 Å². The molecule has 0 aromatic heterocycles.